The van der Waals surface area contributed by atoms with Gasteiger partial charge in [-0.05, 0) is 19.4 Å². The van der Waals surface area contributed by atoms with Crippen molar-refractivity contribution in [1.29, 1.82) is 0 Å². The number of fused-ring (bicyclic) bond motifs is 1. The maximum atomic E-state index is 12.5. The van der Waals surface area contributed by atoms with Crippen molar-refractivity contribution in [3.05, 3.63) is 10.6 Å². The molecule has 2 saturated heterocycles. The highest BCUT2D eigenvalue weighted by atomic mass is 79.9. The van der Waals surface area contributed by atoms with Gasteiger partial charge < -0.3 is 18.9 Å². The first-order valence-electron chi connectivity index (χ1n) is 7.42. The van der Waals surface area contributed by atoms with E-state index >= 15 is 0 Å². The van der Waals surface area contributed by atoms with Gasteiger partial charge in [0, 0.05) is 11.6 Å². The Morgan fingerprint density at radius 2 is 2.18 bits per heavy atom. The van der Waals surface area contributed by atoms with E-state index in [1.54, 1.807) is 6.92 Å². The first kappa shape index (κ1) is 16.0. The van der Waals surface area contributed by atoms with Crippen molar-refractivity contribution in [3.63, 3.8) is 0 Å². The van der Waals surface area contributed by atoms with Crippen LogP contribution in [0, 0.1) is 11.8 Å². The van der Waals surface area contributed by atoms with E-state index in [1.807, 2.05) is 13.0 Å². The molecular weight excluding hydrogens is 356 g/mol. The number of halogens is 1. The van der Waals surface area contributed by atoms with Crippen molar-refractivity contribution in [2.75, 3.05) is 20.3 Å². The molecule has 0 aliphatic carbocycles. The van der Waals surface area contributed by atoms with Gasteiger partial charge in [-0.2, -0.15) is 0 Å². The Bertz CT molecular complexity index is 546. The molecular formula is C15H19BrO6. The smallest absolute Gasteiger partial charge is 0.313 e. The predicted octanol–water partition coefficient (Wildman–Crippen LogP) is 1.56. The van der Waals surface area contributed by atoms with Gasteiger partial charge in [0.1, 0.15) is 23.5 Å². The average molecular weight is 375 g/mol. The van der Waals surface area contributed by atoms with Gasteiger partial charge in [0.25, 0.3) is 0 Å². The van der Waals surface area contributed by atoms with Gasteiger partial charge >= 0.3 is 11.9 Å². The van der Waals surface area contributed by atoms with E-state index in [0.29, 0.717) is 6.42 Å². The normalized spacial score (nSPS) is 42.1. The first-order valence-corrected chi connectivity index (χ1v) is 8.21. The topological polar surface area (TPSA) is 71.1 Å². The molecule has 2 bridgehead atoms. The van der Waals surface area contributed by atoms with Crippen LogP contribution in [0.25, 0.3) is 0 Å². The number of cyclic esters (lactones) is 1. The molecule has 22 heavy (non-hydrogen) atoms. The third-order valence-corrected chi connectivity index (χ3v) is 5.55. The molecule has 2 fully saturated rings. The number of hydrogen-bond acceptors (Lipinski definition) is 6. The Morgan fingerprint density at radius 3 is 2.77 bits per heavy atom. The molecule has 7 heteroatoms. The number of rotatable bonds is 5. The standard InChI is InChI=1S/C15H19BrO6/c1-4-9-15-8(16)6-14(22-15,7-19-3)10(12(17)20-5-2)11(15)13(18)21-9/h6,9-11H,4-5,7H2,1-3H3/t9-,10-,11-,14+,15+/m1/s1. The Morgan fingerprint density at radius 1 is 1.45 bits per heavy atom. The van der Waals surface area contributed by atoms with Crippen molar-refractivity contribution in [3.8, 4) is 0 Å². The Hall–Kier alpha value is -0.920. The number of ether oxygens (including phenoxy) is 4. The largest absolute Gasteiger partial charge is 0.466 e. The molecule has 0 aromatic heterocycles. The monoisotopic (exact) mass is 374 g/mol. The van der Waals surface area contributed by atoms with Crippen LogP contribution in [0.2, 0.25) is 0 Å². The van der Waals surface area contributed by atoms with E-state index in [9.17, 15) is 9.59 Å². The maximum Gasteiger partial charge on any atom is 0.313 e. The Labute approximate surface area is 137 Å². The molecule has 3 aliphatic heterocycles. The third kappa shape index (κ3) is 1.79. The number of esters is 2. The van der Waals surface area contributed by atoms with Gasteiger partial charge in [0.15, 0.2) is 5.60 Å². The molecule has 0 radical (unpaired) electrons. The summed E-state index contributed by atoms with van der Waals surface area (Å²) in [5.41, 5.74) is -1.93. The summed E-state index contributed by atoms with van der Waals surface area (Å²) in [7, 11) is 1.54. The summed E-state index contributed by atoms with van der Waals surface area (Å²) in [6, 6.07) is 0. The lowest BCUT2D eigenvalue weighted by molar-refractivity contribution is -0.167. The van der Waals surface area contributed by atoms with Crippen LogP contribution in [-0.4, -0.2) is 49.6 Å². The van der Waals surface area contributed by atoms with Crippen LogP contribution >= 0.6 is 15.9 Å². The second kappa shape index (κ2) is 5.32. The first-order chi connectivity index (χ1) is 10.5. The molecule has 5 atom stereocenters. The minimum Gasteiger partial charge on any atom is -0.466 e. The second-order valence-corrected chi connectivity index (χ2v) is 6.67. The van der Waals surface area contributed by atoms with E-state index in [0.717, 1.165) is 4.48 Å². The molecule has 3 aliphatic rings. The van der Waals surface area contributed by atoms with Crippen molar-refractivity contribution < 1.29 is 28.5 Å². The highest BCUT2D eigenvalue weighted by Gasteiger charge is 2.78. The number of methoxy groups -OCH3 is 1. The summed E-state index contributed by atoms with van der Waals surface area (Å²) in [4.78, 5) is 24.9. The van der Waals surface area contributed by atoms with Gasteiger partial charge in [-0.3, -0.25) is 9.59 Å². The zero-order valence-electron chi connectivity index (χ0n) is 12.8. The molecule has 6 nitrogen and oxygen atoms in total. The fraction of sp³-hybridized carbons (Fsp3) is 0.733. The van der Waals surface area contributed by atoms with Crippen molar-refractivity contribution in [2.45, 2.75) is 37.6 Å². The maximum absolute atomic E-state index is 12.5. The van der Waals surface area contributed by atoms with Gasteiger partial charge in [-0.1, -0.05) is 22.9 Å². The van der Waals surface area contributed by atoms with Crippen molar-refractivity contribution in [2.24, 2.45) is 11.8 Å². The molecule has 3 rings (SSSR count). The lowest BCUT2D eigenvalue weighted by Gasteiger charge is -2.30. The minimum absolute atomic E-state index is 0.174. The molecule has 1 spiro atoms. The molecule has 0 N–H and O–H groups in total. The summed E-state index contributed by atoms with van der Waals surface area (Å²) in [6.07, 6.45) is 2.01. The van der Waals surface area contributed by atoms with E-state index in [2.05, 4.69) is 15.9 Å². The summed E-state index contributed by atoms with van der Waals surface area (Å²) in [5, 5.41) is 0. The summed E-state index contributed by atoms with van der Waals surface area (Å²) < 4.78 is 22.9. The second-order valence-electron chi connectivity index (χ2n) is 5.82. The fourth-order valence-electron chi connectivity index (χ4n) is 3.99. The minimum atomic E-state index is -0.989. The molecule has 0 unspecified atom stereocenters. The van der Waals surface area contributed by atoms with Crippen LogP contribution in [0.15, 0.2) is 10.6 Å². The van der Waals surface area contributed by atoms with E-state index < -0.39 is 41.1 Å². The molecule has 0 saturated carbocycles. The quantitative estimate of drug-likeness (QED) is 0.680. The lowest BCUT2D eigenvalue weighted by atomic mass is 9.70. The van der Waals surface area contributed by atoms with Crippen LogP contribution in [0.1, 0.15) is 20.3 Å². The zero-order valence-corrected chi connectivity index (χ0v) is 14.3. The van der Waals surface area contributed by atoms with Gasteiger partial charge in [-0.15, -0.1) is 0 Å². The average Bonchev–Trinajstić information content (AvgIpc) is 3.01. The molecule has 0 amide bonds. The SMILES string of the molecule is CCOC(=O)[C@H]1[C@@H]2C(=O)O[C@H](CC)[C@]23O[C@]1(COC)C=C3Br. The van der Waals surface area contributed by atoms with Crippen LogP contribution < -0.4 is 0 Å². The van der Waals surface area contributed by atoms with Crippen LogP contribution in [0.3, 0.4) is 0 Å². The lowest BCUT2D eigenvalue weighted by Crippen LogP contribution is -2.47. The molecule has 3 heterocycles. The van der Waals surface area contributed by atoms with Crippen molar-refractivity contribution in [1.82, 2.24) is 0 Å². The Kier molecular flexibility index (Phi) is 3.86. The van der Waals surface area contributed by atoms with Crippen molar-refractivity contribution >= 4 is 27.9 Å². The van der Waals surface area contributed by atoms with Gasteiger partial charge in [0.2, 0.25) is 0 Å². The summed E-state index contributed by atoms with van der Waals surface area (Å²) in [6.45, 7) is 4.08. The molecule has 0 aromatic carbocycles. The van der Waals surface area contributed by atoms with Crippen LogP contribution in [0.5, 0.6) is 0 Å². The Balaban J connectivity index is 2.11. The highest BCUT2D eigenvalue weighted by Crippen LogP contribution is 2.64. The van der Waals surface area contributed by atoms with Gasteiger partial charge in [0.05, 0.1) is 13.2 Å². The summed E-state index contributed by atoms with van der Waals surface area (Å²) in [5.74, 6) is -2.31. The third-order valence-electron chi connectivity index (χ3n) is 4.70. The van der Waals surface area contributed by atoms with E-state index in [1.165, 1.54) is 7.11 Å². The highest BCUT2D eigenvalue weighted by molar-refractivity contribution is 9.11. The summed E-state index contributed by atoms with van der Waals surface area (Å²) >= 11 is 3.52. The predicted molar refractivity (Wildman–Crippen MR) is 79.2 cm³/mol. The van der Waals surface area contributed by atoms with E-state index in [-0.39, 0.29) is 13.2 Å². The molecule has 0 aromatic rings. The zero-order chi connectivity index (χ0) is 16.1. The fourth-order valence-corrected chi connectivity index (χ4v) is 4.96. The van der Waals surface area contributed by atoms with E-state index in [4.69, 9.17) is 18.9 Å². The number of carbonyl (C=O) groups excluding carboxylic acids is 2. The number of carbonyl (C=O) groups is 2. The van der Waals surface area contributed by atoms with Gasteiger partial charge in [-0.25, -0.2) is 0 Å². The molecule has 122 valence electrons. The number of hydrogen-bond donors (Lipinski definition) is 0. The van der Waals surface area contributed by atoms with Crippen LogP contribution in [0.4, 0.5) is 0 Å². The van der Waals surface area contributed by atoms with Crippen LogP contribution in [-0.2, 0) is 28.5 Å².